The molecule has 3 aromatic rings. The molecule has 31 heavy (non-hydrogen) atoms. The van der Waals surface area contributed by atoms with Crippen LogP contribution in [0.25, 0.3) is 11.1 Å². The van der Waals surface area contributed by atoms with E-state index < -0.39 is 0 Å². The molecule has 0 spiro atoms. The molecule has 1 aliphatic heterocycles. The second-order valence-corrected chi connectivity index (χ2v) is 7.37. The van der Waals surface area contributed by atoms with Crippen molar-refractivity contribution in [1.82, 2.24) is 10.3 Å². The summed E-state index contributed by atoms with van der Waals surface area (Å²) in [6.45, 7) is 6.03. The number of pyridine rings is 1. The number of aryl methyl sites for hydroxylation is 1. The average molecular weight is 407 g/mol. The Bertz CT molecular complexity index is 1150. The van der Waals surface area contributed by atoms with Crippen molar-refractivity contribution < 1.29 is 0 Å². The number of allylic oxidation sites excluding steroid dienone is 2. The molecule has 2 heterocycles. The van der Waals surface area contributed by atoms with Crippen molar-refractivity contribution in [3.63, 3.8) is 0 Å². The molecular weight excluding hydrogens is 380 g/mol. The van der Waals surface area contributed by atoms with E-state index in [1.165, 1.54) is 0 Å². The second kappa shape index (κ2) is 9.35. The van der Waals surface area contributed by atoms with E-state index in [0.29, 0.717) is 0 Å². The van der Waals surface area contributed by atoms with Crippen LogP contribution in [-0.4, -0.2) is 22.8 Å². The van der Waals surface area contributed by atoms with E-state index in [-0.39, 0.29) is 6.17 Å². The molecule has 1 N–H and O–H groups in total. The monoisotopic (exact) mass is 406 g/mol. The van der Waals surface area contributed by atoms with Gasteiger partial charge < -0.3 is 5.32 Å². The van der Waals surface area contributed by atoms with Crippen LogP contribution in [0.1, 0.15) is 30.7 Å². The lowest BCUT2D eigenvalue weighted by Crippen LogP contribution is -2.38. The summed E-state index contributed by atoms with van der Waals surface area (Å²) in [7, 11) is 0. The summed E-state index contributed by atoms with van der Waals surface area (Å²) in [5.41, 5.74) is 6.37. The first-order valence-electron chi connectivity index (χ1n) is 10.5. The average Bonchev–Trinajstić information content (AvgIpc) is 2.83. The summed E-state index contributed by atoms with van der Waals surface area (Å²) < 4.78 is 0. The van der Waals surface area contributed by atoms with Crippen LogP contribution < -0.4 is 5.32 Å². The van der Waals surface area contributed by atoms with Gasteiger partial charge in [0.05, 0.1) is 0 Å². The van der Waals surface area contributed by atoms with E-state index >= 15 is 0 Å². The molecule has 0 saturated carbocycles. The van der Waals surface area contributed by atoms with Gasteiger partial charge in [0.1, 0.15) is 11.7 Å². The molecule has 0 saturated heterocycles. The highest BCUT2D eigenvalue weighted by atomic mass is 15.2. The first-order chi connectivity index (χ1) is 15.2. The molecule has 0 radical (unpaired) electrons. The van der Waals surface area contributed by atoms with Gasteiger partial charge in [-0.15, -0.1) is 0 Å². The molecular formula is C27H26N4. The zero-order chi connectivity index (χ0) is 21.6. The first-order valence-corrected chi connectivity index (χ1v) is 10.5. The molecule has 0 fully saturated rings. The molecule has 0 amide bonds. The minimum absolute atomic E-state index is 0.284. The van der Waals surface area contributed by atoms with Gasteiger partial charge in [-0.2, -0.15) is 0 Å². The van der Waals surface area contributed by atoms with Gasteiger partial charge in [-0.25, -0.2) is 9.98 Å². The number of amidine groups is 2. The van der Waals surface area contributed by atoms with Crippen molar-refractivity contribution in [2.75, 3.05) is 0 Å². The number of hydrogen-bond acceptors (Lipinski definition) is 4. The highest BCUT2D eigenvalue weighted by Crippen LogP contribution is 2.21. The van der Waals surface area contributed by atoms with Crippen LogP contribution in [0.3, 0.4) is 0 Å². The number of rotatable bonds is 5. The molecule has 4 nitrogen and oxygen atoms in total. The van der Waals surface area contributed by atoms with Crippen molar-refractivity contribution in [1.29, 1.82) is 0 Å². The molecule has 1 aliphatic rings. The van der Waals surface area contributed by atoms with Crippen molar-refractivity contribution in [3.8, 4) is 11.1 Å². The summed E-state index contributed by atoms with van der Waals surface area (Å²) in [4.78, 5) is 14.2. The van der Waals surface area contributed by atoms with Crippen LogP contribution in [0, 0.1) is 6.92 Å². The van der Waals surface area contributed by atoms with Gasteiger partial charge in [-0.1, -0.05) is 78.9 Å². The van der Waals surface area contributed by atoms with E-state index in [1.807, 2.05) is 57.3 Å². The Labute approximate surface area is 183 Å². The third-order valence-electron chi connectivity index (χ3n) is 5.18. The summed E-state index contributed by atoms with van der Waals surface area (Å²) in [6, 6.07) is 22.7. The van der Waals surface area contributed by atoms with Gasteiger partial charge >= 0.3 is 0 Å². The molecule has 1 atom stereocenters. The van der Waals surface area contributed by atoms with Gasteiger partial charge in [0.25, 0.3) is 0 Å². The van der Waals surface area contributed by atoms with E-state index in [1.54, 1.807) is 0 Å². The normalized spacial score (nSPS) is 16.6. The summed E-state index contributed by atoms with van der Waals surface area (Å²) in [6.07, 6.45) is 7.78. The van der Waals surface area contributed by atoms with Crippen molar-refractivity contribution in [2.24, 2.45) is 9.98 Å². The number of aliphatic imine (C=N–C) groups is 2. The highest BCUT2D eigenvalue weighted by Gasteiger charge is 2.20. The van der Waals surface area contributed by atoms with Gasteiger partial charge in [0, 0.05) is 28.6 Å². The Morgan fingerprint density at radius 1 is 0.774 bits per heavy atom. The largest absolute Gasteiger partial charge is 0.324 e. The van der Waals surface area contributed by atoms with E-state index in [0.717, 1.165) is 45.2 Å². The molecule has 2 aromatic carbocycles. The molecule has 0 bridgehead atoms. The topological polar surface area (TPSA) is 49.6 Å². The number of nitrogens with zero attached hydrogens (tertiary/aromatic N) is 3. The summed E-state index contributed by atoms with van der Waals surface area (Å²) >= 11 is 0. The number of benzene rings is 2. The SMILES string of the molecule is C/C=C\C(=C/C)C1N=C(c2ccccc2)NC(c2ccc(-c3ccc(C)nc3)cc2)=N1. The Kier molecular flexibility index (Phi) is 6.18. The zero-order valence-corrected chi connectivity index (χ0v) is 18.1. The fraction of sp³-hybridized carbons (Fsp3) is 0.148. The summed E-state index contributed by atoms with van der Waals surface area (Å²) in [5.74, 6) is 1.64. The fourth-order valence-electron chi connectivity index (χ4n) is 3.47. The van der Waals surface area contributed by atoms with Crippen LogP contribution in [-0.2, 0) is 0 Å². The Morgan fingerprint density at radius 2 is 1.39 bits per heavy atom. The third kappa shape index (κ3) is 4.69. The minimum atomic E-state index is -0.284. The predicted molar refractivity (Wildman–Crippen MR) is 129 cm³/mol. The maximum Gasteiger partial charge on any atom is 0.169 e. The van der Waals surface area contributed by atoms with E-state index in [2.05, 4.69) is 64.9 Å². The van der Waals surface area contributed by atoms with Gasteiger partial charge in [0.15, 0.2) is 6.17 Å². The molecule has 0 aliphatic carbocycles. The molecule has 1 unspecified atom stereocenters. The quantitative estimate of drug-likeness (QED) is 0.552. The zero-order valence-electron chi connectivity index (χ0n) is 18.1. The van der Waals surface area contributed by atoms with Crippen molar-refractivity contribution in [2.45, 2.75) is 26.9 Å². The van der Waals surface area contributed by atoms with Crippen LogP contribution in [0.15, 0.2) is 107 Å². The van der Waals surface area contributed by atoms with E-state index in [9.17, 15) is 0 Å². The minimum Gasteiger partial charge on any atom is -0.324 e. The maximum absolute atomic E-state index is 4.92. The van der Waals surface area contributed by atoms with Crippen LogP contribution >= 0.6 is 0 Å². The lowest BCUT2D eigenvalue weighted by atomic mass is 10.0. The molecule has 154 valence electrons. The lowest BCUT2D eigenvalue weighted by molar-refractivity contribution is 0.812. The fourth-order valence-corrected chi connectivity index (χ4v) is 3.47. The third-order valence-corrected chi connectivity index (χ3v) is 5.18. The predicted octanol–water partition coefficient (Wildman–Crippen LogP) is 5.70. The Hall–Kier alpha value is -3.79. The first kappa shape index (κ1) is 20.5. The maximum atomic E-state index is 4.92. The van der Waals surface area contributed by atoms with Crippen molar-refractivity contribution >= 4 is 11.7 Å². The Balaban J connectivity index is 1.69. The summed E-state index contributed by atoms with van der Waals surface area (Å²) in [5, 5.41) is 3.44. The van der Waals surface area contributed by atoms with Crippen LogP contribution in [0.5, 0.6) is 0 Å². The number of nitrogens with one attached hydrogen (secondary N) is 1. The smallest absolute Gasteiger partial charge is 0.169 e. The number of hydrogen-bond donors (Lipinski definition) is 1. The molecule has 4 heteroatoms. The standard InChI is InChI=1S/C27H26N4/c1-4-9-20(5-2)25-29-26(22-10-7-6-8-11-22)31-27(30-25)23-16-14-21(15-17-23)24-13-12-19(3)28-18-24/h4-18,25H,1-3H3,(H,29,30,31)/b9-4-,20-5+. The second-order valence-electron chi connectivity index (χ2n) is 7.37. The lowest BCUT2D eigenvalue weighted by Gasteiger charge is -2.23. The van der Waals surface area contributed by atoms with E-state index in [4.69, 9.17) is 9.98 Å². The van der Waals surface area contributed by atoms with Gasteiger partial charge in [-0.3, -0.25) is 4.98 Å². The van der Waals surface area contributed by atoms with Gasteiger partial charge in [-0.05, 0) is 38.0 Å². The molecule has 1 aromatic heterocycles. The highest BCUT2D eigenvalue weighted by molar-refractivity contribution is 6.16. The molecule has 4 rings (SSSR count). The van der Waals surface area contributed by atoms with Crippen LogP contribution in [0.2, 0.25) is 0 Å². The number of aromatic nitrogens is 1. The van der Waals surface area contributed by atoms with Gasteiger partial charge in [0.2, 0.25) is 0 Å². The van der Waals surface area contributed by atoms with Crippen LogP contribution in [0.4, 0.5) is 0 Å². The Morgan fingerprint density at radius 3 is 1.97 bits per heavy atom. The van der Waals surface area contributed by atoms with Crippen molar-refractivity contribution in [3.05, 3.63) is 114 Å².